The van der Waals surface area contributed by atoms with Gasteiger partial charge in [-0.1, -0.05) is 146 Å². The number of para-hydroxylation sites is 1. The molecule has 0 saturated carbocycles. The molecular weight excluding hydrogens is 749 g/mol. The van der Waals surface area contributed by atoms with Crippen LogP contribution in [0.15, 0.2) is 206 Å². The number of rotatable bonds is 7. The Balaban J connectivity index is 0.936. The topological polar surface area (TPSA) is 77.9 Å². The van der Waals surface area contributed by atoms with E-state index in [9.17, 15) is 4.79 Å². The van der Waals surface area contributed by atoms with Gasteiger partial charge in [0.25, 0.3) is 0 Å². The van der Waals surface area contributed by atoms with Crippen LogP contribution in [0.3, 0.4) is 0 Å². The molecule has 61 heavy (non-hydrogen) atoms. The summed E-state index contributed by atoms with van der Waals surface area (Å²) >= 11 is 0. The number of aromatic nitrogens is 4. The van der Waals surface area contributed by atoms with Crippen molar-refractivity contribution in [2.75, 3.05) is 0 Å². The molecular formula is C55H34N4O2. The van der Waals surface area contributed by atoms with E-state index >= 15 is 0 Å². The maximum atomic E-state index is 13.0. The van der Waals surface area contributed by atoms with Gasteiger partial charge in [-0.25, -0.2) is 24.7 Å². The second kappa shape index (κ2) is 15.1. The normalized spacial score (nSPS) is 11.3. The van der Waals surface area contributed by atoms with Crippen molar-refractivity contribution in [2.24, 2.45) is 0 Å². The highest BCUT2D eigenvalue weighted by Gasteiger charge is 2.14. The summed E-state index contributed by atoms with van der Waals surface area (Å²) in [6.07, 6.45) is 0. The van der Waals surface area contributed by atoms with Gasteiger partial charge in [0.15, 0.2) is 0 Å². The SMILES string of the molecule is O=C(Oc1ccccc1)c1cccc(-c2ccc3ccc4ccc(-c5cccc(-c6ccc7ccc8ccc(-c9cccc(-c%10ccccc%10)c9)nc8c7n6)c5)nc4c3n2)c1. The molecule has 0 aliphatic carbocycles. The zero-order valence-corrected chi connectivity index (χ0v) is 32.7. The number of carbonyl (C=O) groups excluding carboxylic acids is 1. The fraction of sp³-hybridized carbons (Fsp3) is 0. The van der Waals surface area contributed by atoms with Crippen LogP contribution >= 0.6 is 0 Å². The first-order valence-electron chi connectivity index (χ1n) is 20.2. The van der Waals surface area contributed by atoms with Crippen LogP contribution in [0.5, 0.6) is 5.75 Å². The van der Waals surface area contributed by atoms with Crippen LogP contribution in [0.1, 0.15) is 10.4 Å². The molecule has 0 aliphatic heterocycles. The number of fused-ring (bicyclic) bond motifs is 6. The van der Waals surface area contributed by atoms with Gasteiger partial charge in [0.1, 0.15) is 5.75 Å². The average Bonchev–Trinajstić information content (AvgIpc) is 3.34. The first-order valence-corrected chi connectivity index (χ1v) is 20.2. The van der Waals surface area contributed by atoms with Crippen LogP contribution in [0.2, 0.25) is 0 Å². The van der Waals surface area contributed by atoms with E-state index in [0.717, 1.165) is 94.2 Å². The van der Waals surface area contributed by atoms with Gasteiger partial charge in [0.2, 0.25) is 0 Å². The molecule has 0 spiro atoms. The van der Waals surface area contributed by atoms with E-state index in [1.165, 1.54) is 5.56 Å². The number of hydrogen-bond acceptors (Lipinski definition) is 6. The number of pyridine rings is 4. The summed E-state index contributed by atoms with van der Waals surface area (Å²) in [4.78, 5) is 33.8. The lowest BCUT2D eigenvalue weighted by Crippen LogP contribution is -2.08. The predicted molar refractivity (Wildman–Crippen MR) is 246 cm³/mol. The molecule has 4 aromatic heterocycles. The molecule has 0 radical (unpaired) electrons. The molecule has 0 amide bonds. The van der Waals surface area contributed by atoms with Gasteiger partial charge in [0, 0.05) is 43.8 Å². The van der Waals surface area contributed by atoms with E-state index in [1.807, 2.05) is 48.5 Å². The van der Waals surface area contributed by atoms with Crippen molar-refractivity contribution in [3.8, 4) is 61.9 Å². The van der Waals surface area contributed by atoms with E-state index in [4.69, 9.17) is 24.7 Å². The molecule has 11 aromatic rings. The van der Waals surface area contributed by atoms with E-state index in [-0.39, 0.29) is 0 Å². The predicted octanol–water partition coefficient (Wildman–Crippen LogP) is 13.4. The number of esters is 1. The summed E-state index contributed by atoms with van der Waals surface area (Å²) in [5.74, 6) is 0.0718. The molecule has 4 heterocycles. The quantitative estimate of drug-likeness (QED) is 0.0910. The number of benzene rings is 7. The van der Waals surface area contributed by atoms with Crippen LogP contribution in [-0.2, 0) is 0 Å². The third-order valence-electron chi connectivity index (χ3n) is 11.1. The van der Waals surface area contributed by atoms with Crippen molar-refractivity contribution < 1.29 is 9.53 Å². The lowest BCUT2D eigenvalue weighted by Gasteiger charge is -2.11. The zero-order chi connectivity index (χ0) is 40.7. The van der Waals surface area contributed by atoms with Gasteiger partial charge >= 0.3 is 5.97 Å². The molecule has 0 atom stereocenters. The number of hydrogen-bond donors (Lipinski definition) is 0. The van der Waals surface area contributed by atoms with Crippen molar-refractivity contribution in [3.63, 3.8) is 0 Å². The van der Waals surface area contributed by atoms with Gasteiger partial charge in [-0.3, -0.25) is 0 Å². The summed E-state index contributed by atoms with van der Waals surface area (Å²) in [5.41, 5.74) is 13.2. The fourth-order valence-electron chi connectivity index (χ4n) is 7.97. The molecule has 0 aliphatic rings. The van der Waals surface area contributed by atoms with Crippen molar-refractivity contribution in [3.05, 3.63) is 212 Å². The maximum absolute atomic E-state index is 13.0. The highest BCUT2D eigenvalue weighted by atomic mass is 16.5. The molecule has 6 nitrogen and oxygen atoms in total. The Hall–Kier alpha value is -8.35. The smallest absolute Gasteiger partial charge is 0.343 e. The van der Waals surface area contributed by atoms with Crippen LogP contribution in [0.4, 0.5) is 0 Å². The minimum atomic E-state index is -0.424. The Morgan fingerprint density at radius 3 is 1.11 bits per heavy atom. The summed E-state index contributed by atoms with van der Waals surface area (Å²) in [5, 5.41) is 4.03. The van der Waals surface area contributed by atoms with Crippen molar-refractivity contribution >= 4 is 49.6 Å². The maximum Gasteiger partial charge on any atom is 0.343 e. The third-order valence-corrected chi connectivity index (χ3v) is 11.1. The Labute approximate surface area is 351 Å². The summed E-state index contributed by atoms with van der Waals surface area (Å²) in [6, 6.07) is 68.7. The molecule has 0 bridgehead atoms. The average molecular weight is 783 g/mol. The Bertz CT molecular complexity index is 3480. The molecule has 6 heteroatoms. The molecule has 11 rings (SSSR count). The number of carbonyl (C=O) groups is 1. The van der Waals surface area contributed by atoms with E-state index < -0.39 is 5.97 Å². The van der Waals surface area contributed by atoms with Gasteiger partial charge in [-0.2, -0.15) is 0 Å². The fourth-order valence-corrected chi connectivity index (χ4v) is 7.97. The van der Waals surface area contributed by atoms with Crippen molar-refractivity contribution in [1.82, 2.24) is 19.9 Å². The third kappa shape index (κ3) is 6.92. The second-order valence-corrected chi connectivity index (χ2v) is 15.0. The zero-order valence-electron chi connectivity index (χ0n) is 32.7. The van der Waals surface area contributed by atoms with E-state index in [2.05, 4.69) is 140 Å². The summed E-state index contributed by atoms with van der Waals surface area (Å²) < 4.78 is 5.61. The van der Waals surface area contributed by atoms with Gasteiger partial charge in [0.05, 0.1) is 50.4 Å². The van der Waals surface area contributed by atoms with Crippen LogP contribution in [0.25, 0.3) is 99.8 Å². The second-order valence-electron chi connectivity index (χ2n) is 15.0. The number of nitrogens with zero attached hydrogens (tertiary/aromatic N) is 4. The summed E-state index contributed by atoms with van der Waals surface area (Å²) in [6.45, 7) is 0. The van der Waals surface area contributed by atoms with E-state index in [1.54, 1.807) is 18.2 Å². The van der Waals surface area contributed by atoms with Gasteiger partial charge in [-0.05, 0) is 71.8 Å². The highest BCUT2D eigenvalue weighted by molar-refractivity contribution is 6.05. The largest absolute Gasteiger partial charge is 0.423 e. The molecule has 0 fully saturated rings. The highest BCUT2D eigenvalue weighted by Crippen LogP contribution is 2.33. The van der Waals surface area contributed by atoms with Crippen molar-refractivity contribution in [2.45, 2.75) is 0 Å². The summed E-state index contributed by atoms with van der Waals surface area (Å²) in [7, 11) is 0. The first-order chi connectivity index (χ1) is 30.1. The molecule has 7 aromatic carbocycles. The molecule has 286 valence electrons. The van der Waals surface area contributed by atoms with E-state index in [0.29, 0.717) is 11.3 Å². The van der Waals surface area contributed by atoms with Crippen LogP contribution in [-0.4, -0.2) is 25.9 Å². The minimum absolute atomic E-state index is 0.424. The van der Waals surface area contributed by atoms with Gasteiger partial charge in [-0.15, -0.1) is 0 Å². The number of ether oxygens (including phenoxy) is 1. The lowest BCUT2D eigenvalue weighted by atomic mass is 10.0. The Morgan fingerprint density at radius 2 is 0.656 bits per heavy atom. The molecule has 0 unspecified atom stereocenters. The lowest BCUT2D eigenvalue weighted by molar-refractivity contribution is 0.0735. The molecule has 0 saturated heterocycles. The van der Waals surface area contributed by atoms with Gasteiger partial charge < -0.3 is 4.74 Å². The van der Waals surface area contributed by atoms with Crippen molar-refractivity contribution in [1.29, 1.82) is 0 Å². The first kappa shape index (κ1) is 35.8. The molecule has 0 N–H and O–H groups in total. The van der Waals surface area contributed by atoms with Crippen LogP contribution in [0, 0.1) is 0 Å². The Kier molecular flexibility index (Phi) is 8.86. The minimum Gasteiger partial charge on any atom is -0.423 e. The monoisotopic (exact) mass is 782 g/mol. The Morgan fingerprint density at radius 1 is 0.311 bits per heavy atom. The van der Waals surface area contributed by atoms with Crippen LogP contribution < -0.4 is 4.74 Å². The standard InChI is InChI=1S/C55H34N4O2/c60-55(61-46-18-5-2-6-19-46)45-17-9-16-44(34-45)50-31-27-39-23-22-38-26-30-49(58-53(38)54(39)59-50)43-15-8-14-42(33-43)48-29-25-37-21-20-36-24-28-47(56-51(36)52(37)57-48)41-13-7-12-40(32-41)35-10-3-1-4-11-35/h1-34H.